The van der Waals surface area contributed by atoms with E-state index in [1.165, 1.54) is 16.8 Å². The fraction of sp³-hybridized carbons (Fsp3) is 0.280. The number of hydrogen-bond acceptors (Lipinski definition) is 3. The number of allylic oxidation sites excluding steroid dienone is 2. The summed E-state index contributed by atoms with van der Waals surface area (Å²) in [5.74, 6) is -0.398. The third-order valence-electron chi connectivity index (χ3n) is 6.29. The molecule has 0 radical (unpaired) electrons. The molecule has 3 aromatic rings. The maximum Gasteiger partial charge on any atom is 0.416 e. The first-order valence-corrected chi connectivity index (χ1v) is 10.7. The highest BCUT2D eigenvalue weighted by Crippen LogP contribution is 2.48. The van der Waals surface area contributed by atoms with Crippen molar-refractivity contribution < 1.29 is 18.0 Å². The number of Topliss-reactive ketones (excluding diaryl/α,β-unsaturated/α-hetero) is 1. The standard InChI is InChI=1S/C25H22F3N3O2/c1-24(2)12-17-20(18(32)13-24)19(14-8-10-15(11-9-14)25(26,27)28)21-22(29-17)30-31(23(21)33)16-6-4-3-5-7-16/h3-11,19,29-30H,12-13H2,1-2H3. The predicted octanol–water partition coefficient (Wildman–Crippen LogP) is 5.39. The highest BCUT2D eigenvalue weighted by Gasteiger charge is 2.43. The first-order chi connectivity index (χ1) is 15.5. The van der Waals surface area contributed by atoms with E-state index in [0.717, 1.165) is 12.1 Å². The Labute approximate surface area is 187 Å². The fourth-order valence-electron chi connectivity index (χ4n) is 4.85. The lowest BCUT2D eigenvalue weighted by Gasteiger charge is -2.37. The summed E-state index contributed by atoms with van der Waals surface area (Å²) < 4.78 is 40.8. The largest absolute Gasteiger partial charge is 0.416 e. The highest BCUT2D eigenvalue weighted by atomic mass is 19.4. The molecule has 5 nitrogen and oxygen atoms in total. The van der Waals surface area contributed by atoms with E-state index in [1.807, 2.05) is 19.9 Å². The van der Waals surface area contributed by atoms with Crippen molar-refractivity contribution in [1.82, 2.24) is 9.78 Å². The topological polar surface area (TPSA) is 66.9 Å². The van der Waals surface area contributed by atoms with Crippen LogP contribution in [0.4, 0.5) is 19.0 Å². The molecule has 170 valence electrons. The Morgan fingerprint density at radius 3 is 2.27 bits per heavy atom. The second kappa shape index (κ2) is 7.23. The van der Waals surface area contributed by atoms with Crippen LogP contribution >= 0.6 is 0 Å². The van der Waals surface area contributed by atoms with E-state index in [-0.39, 0.29) is 16.8 Å². The molecule has 0 fully saturated rings. The molecule has 0 bridgehead atoms. The van der Waals surface area contributed by atoms with Crippen molar-refractivity contribution in [3.63, 3.8) is 0 Å². The van der Waals surface area contributed by atoms with Crippen molar-refractivity contribution in [3.8, 4) is 5.69 Å². The van der Waals surface area contributed by atoms with Crippen molar-refractivity contribution in [2.75, 3.05) is 5.32 Å². The minimum absolute atomic E-state index is 0.101. The quantitative estimate of drug-likeness (QED) is 0.547. The Bertz CT molecular complexity index is 1330. The van der Waals surface area contributed by atoms with Crippen LogP contribution in [0.1, 0.15) is 49.3 Å². The molecule has 33 heavy (non-hydrogen) atoms. The van der Waals surface area contributed by atoms with Gasteiger partial charge in [0.1, 0.15) is 5.82 Å². The van der Waals surface area contributed by atoms with Crippen molar-refractivity contribution in [1.29, 1.82) is 0 Å². The first-order valence-electron chi connectivity index (χ1n) is 10.7. The van der Waals surface area contributed by atoms with Crippen LogP contribution in [-0.2, 0) is 11.0 Å². The van der Waals surface area contributed by atoms with Gasteiger partial charge in [-0.2, -0.15) is 13.2 Å². The minimum Gasteiger partial charge on any atom is -0.343 e. The van der Waals surface area contributed by atoms with Gasteiger partial charge in [0.25, 0.3) is 5.56 Å². The molecule has 2 aromatic carbocycles. The summed E-state index contributed by atoms with van der Waals surface area (Å²) in [4.78, 5) is 26.8. The highest BCUT2D eigenvalue weighted by molar-refractivity contribution is 6.01. The van der Waals surface area contributed by atoms with Gasteiger partial charge in [-0.25, -0.2) is 4.68 Å². The smallest absolute Gasteiger partial charge is 0.343 e. The van der Waals surface area contributed by atoms with Gasteiger partial charge in [-0.05, 0) is 41.7 Å². The van der Waals surface area contributed by atoms with E-state index < -0.39 is 17.7 Å². The van der Waals surface area contributed by atoms with Crippen LogP contribution in [0.2, 0.25) is 0 Å². The molecule has 5 rings (SSSR count). The average molecular weight is 453 g/mol. The van der Waals surface area contributed by atoms with E-state index in [0.29, 0.717) is 46.7 Å². The SMILES string of the molecule is CC1(C)CC(=O)C2=C(C1)Nc1[nH]n(-c3ccccc3)c(=O)c1C2c1ccc(C(F)(F)F)cc1. The number of H-pyrrole nitrogens is 1. The fourth-order valence-corrected chi connectivity index (χ4v) is 4.85. The van der Waals surface area contributed by atoms with Gasteiger partial charge in [0, 0.05) is 23.6 Å². The third kappa shape index (κ3) is 3.59. The number of nitrogens with zero attached hydrogens (tertiary/aromatic N) is 1. The van der Waals surface area contributed by atoms with Crippen LogP contribution in [0.15, 0.2) is 70.7 Å². The molecule has 8 heteroatoms. The number of halogens is 3. The van der Waals surface area contributed by atoms with Crippen LogP contribution in [0.3, 0.4) is 0 Å². The predicted molar refractivity (Wildman–Crippen MR) is 118 cm³/mol. The number of carbonyl (C=O) groups is 1. The van der Waals surface area contributed by atoms with Crippen LogP contribution in [0.5, 0.6) is 0 Å². The lowest BCUT2D eigenvalue weighted by atomic mass is 9.69. The van der Waals surface area contributed by atoms with Crippen molar-refractivity contribution in [3.05, 3.63) is 92.9 Å². The van der Waals surface area contributed by atoms with E-state index in [4.69, 9.17) is 0 Å². The lowest BCUT2D eigenvalue weighted by Crippen LogP contribution is -2.35. The maximum atomic E-state index is 13.5. The molecule has 0 saturated heterocycles. The summed E-state index contributed by atoms with van der Waals surface area (Å²) in [5, 5.41) is 6.35. The number of carbonyl (C=O) groups excluding carboxylic acids is 1. The molecular formula is C25H22F3N3O2. The lowest BCUT2D eigenvalue weighted by molar-refractivity contribution is -0.137. The molecule has 2 heterocycles. The number of benzene rings is 2. The van der Waals surface area contributed by atoms with Gasteiger partial charge < -0.3 is 5.32 Å². The van der Waals surface area contributed by atoms with Crippen LogP contribution < -0.4 is 10.9 Å². The van der Waals surface area contributed by atoms with Crippen molar-refractivity contribution in [2.45, 2.75) is 38.8 Å². The molecule has 0 amide bonds. The summed E-state index contributed by atoms with van der Waals surface area (Å²) >= 11 is 0. The molecule has 0 saturated carbocycles. The van der Waals surface area contributed by atoms with Gasteiger partial charge in [-0.1, -0.05) is 44.2 Å². The van der Waals surface area contributed by atoms with E-state index in [2.05, 4.69) is 10.4 Å². The van der Waals surface area contributed by atoms with E-state index >= 15 is 0 Å². The molecular weight excluding hydrogens is 431 g/mol. The Hall–Kier alpha value is -3.55. The number of alkyl halides is 3. The number of ketones is 1. The number of para-hydroxylation sites is 1. The number of anilines is 1. The molecule has 2 N–H and O–H groups in total. The molecule has 2 aliphatic rings. The summed E-state index contributed by atoms with van der Waals surface area (Å²) in [6, 6.07) is 13.7. The second-order valence-electron chi connectivity index (χ2n) is 9.39. The van der Waals surface area contributed by atoms with Crippen molar-refractivity contribution >= 4 is 11.6 Å². The number of aromatic amines is 1. The molecule has 0 spiro atoms. The van der Waals surface area contributed by atoms with Crippen LogP contribution in [0.25, 0.3) is 5.69 Å². The van der Waals surface area contributed by atoms with Crippen molar-refractivity contribution in [2.24, 2.45) is 5.41 Å². The zero-order chi connectivity index (χ0) is 23.5. The monoisotopic (exact) mass is 453 g/mol. The molecule has 1 aliphatic carbocycles. The average Bonchev–Trinajstić information content (AvgIpc) is 3.07. The number of rotatable bonds is 2. The van der Waals surface area contributed by atoms with Gasteiger partial charge in [0.15, 0.2) is 5.78 Å². The minimum atomic E-state index is -4.47. The number of hydrogen-bond donors (Lipinski definition) is 2. The molecule has 1 atom stereocenters. The molecule has 1 unspecified atom stereocenters. The van der Waals surface area contributed by atoms with Gasteiger partial charge in [0.05, 0.1) is 16.8 Å². The first kappa shape index (κ1) is 21.3. The Morgan fingerprint density at radius 1 is 0.970 bits per heavy atom. The second-order valence-corrected chi connectivity index (χ2v) is 9.39. The van der Waals surface area contributed by atoms with Gasteiger partial charge in [-0.3, -0.25) is 14.7 Å². The van der Waals surface area contributed by atoms with E-state index in [9.17, 15) is 22.8 Å². The van der Waals surface area contributed by atoms with Gasteiger partial charge in [0.2, 0.25) is 0 Å². The van der Waals surface area contributed by atoms with Crippen LogP contribution in [0, 0.1) is 5.41 Å². The van der Waals surface area contributed by atoms with E-state index in [1.54, 1.807) is 24.3 Å². The molecule has 1 aromatic heterocycles. The van der Waals surface area contributed by atoms with Gasteiger partial charge in [-0.15, -0.1) is 0 Å². The number of fused-ring (bicyclic) bond motifs is 1. The Kier molecular flexibility index (Phi) is 4.67. The zero-order valence-corrected chi connectivity index (χ0v) is 18.1. The number of nitrogens with one attached hydrogen (secondary N) is 2. The number of aromatic nitrogens is 2. The molecule has 1 aliphatic heterocycles. The van der Waals surface area contributed by atoms with Crippen LogP contribution in [-0.4, -0.2) is 15.6 Å². The summed E-state index contributed by atoms with van der Waals surface area (Å²) in [6.45, 7) is 3.99. The maximum absolute atomic E-state index is 13.5. The summed E-state index contributed by atoms with van der Waals surface area (Å²) in [5.41, 5.74) is 1.18. The normalized spacial score (nSPS) is 19.7. The van der Waals surface area contributed by atoms with Gasteiger partial charge >= 0.3 is 6.18 Å². The summed E-state index contributed by atoms with van der Waals surface area (Å²) in [7, 11) is 0. The zero-order valence-electron chi connectivity index (χ0n) is 18.1. The summed E-state index contributed by atoms with van der Waals surface area (Å²) in [6.07, 6.45) is -3.58. The Balaban J connectivity index is 1.71. The third-order valence-corrected chi connectivity index (χ3v) is 6.29. The Morgan fingerprint density at radius 2 is 1.64 bits per heavy atom.